The van der Waals surface area contributed by atoms with Crippen LogP contribution < -0.4 is 0 Å². The number of hydrogen-bond donors (Lipinski definition) is 0. The molecule has 2 aliphatic heterocycles. The number of thioether (sulfide) groups is 1. The summed E-state index contributed by atoms with van der Waals surface area (Å²) in [7, 11) is 1.59. The van der Waals surface area contributed by atoms with E-state index in [1.807, 2.05) is 45.9 Å². The Kier molecular flexibility index (Phi) is 11.2. The van der Waals surface area contributed by atoms with Crippen LogP contribution in [-0.4, -0.2) is 63.9 Å². The molecule has 0 spiro atoms. The van der Waals surface area contributed by atoms with E-state index in [2.05, 4.69) is 4.98 Å². The van der Waals surface area contributed by atoms with Gasteiger partial charge in [0.05, 0.1) is 5.60 Å². The van der Waals surface area contributed by atoms with Gasteiger partial charge in [-0.1, -0.05) is 33.8 Å². The van der Waals surface area contributed by atoms with E-state index in [0.29, 0.717) is 25.0 Å². The summed E-state index contributed by atoms with van der Waals surface area (Å²) in [6.45, 7) is 12.6. The minimum Gasteiger partial charge on any atom is -0.458 e. The first-order chi connectivity index (χ1) is 19.3. The molecule has 0 radical (unpaired) electrons. The summed E-state index contributed by atoms with van der Waals surface area (Å²) in [5.41, 5.74) is -0.980. The first-order valence-electron chi connectivity index (χ1n) is 14.8. The molecular weight excluding hydrogens is 542 g/mol. The number of aromatic nitrogens is 1. The SMILES string of the molecule is CCC1OC(=O)C(C)C(=O)C(C)CC(C)(OC)CC(C)C(=O)C(C)C2C(SCCCc3ccccn3)C(=O)OC12C. The smallest absolute Gasteiger partial charge is 0.320 e. The highest BCUT2D eigenvalue weighted by molar-refractivity contribution is 8.00. The molecule has 2 aliphatic rings. The van der Waals surface area contributed by atoms with Gasteiger partial charge in [0.15, 0.2) is 5.60 Å². The van der Waals surface area contributed by atoms with Gasteiger partial charge in [-0.05, 0) is 70.8 Å². The van der Waals surface area contributed by atoms with E-state index in [1.165, 1.54) is 11.8 Å². The Morgan fingerprint density at radius 1 is 1.00 bits per heavy atom. The molecule has 9 atom stereocenters. The molecule has 0 aliphatic carbocycles. The van der Waals surface area contributed by atoms with E-state index in [4.69, 9.17) is 14.2 Å². The number of pyridine rings is 1. The second kappa shape index (κ2) is 13.8. The molecule has 0 saturated carbocycles. The molecule has 3 heterocycles. The van der Waals surface area contributed by atoms with Gasteiger partial charge in [0.2, 0.25) is 0 Å². The number of hydrogen-bond acceptors (Lipinski definition) is 9. The Hall–Kier alpha value is -2.26. The van der Waals surface area contributed by atoms with Crippen molar-refractivity contribution >= 4 is 35.3 Å². The van der Waals surface area contributed by atoms with E-state index in [-0.39, 0.29) is 17.5 Å². The largest absolute Gasteiger partial charge is 0.458 e. The lowest BCUT2D eigenvalue weighted by Gasteiger charge is -2.41. The van der Waals surface area contributed by atoms with Gasteiger partial charge in [-0.25, -0.2) is 0 Å². The number of ether oxygens (including phenoxy) is 3. The Bertz CT molecular complexity index is 1100. The maximum Gasteiger partial charge on any atom is 0.320 e. The second-order valence-corrected chi connectivity index (χ2v) is 13.6. The molecule has 0 aromatic carbocycles. The van der Waals surface area contributed by atoms with Crippen LogP contribution in [0.25, 0.3) is 0 Å². The zero-order valence-corrected chi connectivity index (χ0v) is 26.6. The van der Waals surface area contributed by atoms with E-state index >= 15 is 0 Å². The van der Waals surface area contributed by atoms with E-state index in [9.17, 15) is 19.2 Å². The zero-order valence-electron chi connectivity index (χ0n) is 25.8. The van der Waals surface area contributed by atoms with Crippen molar-refractivity contribution in [3.63, 3.8) is 0 Å². The number of nitrogens with zero attached hydrogens (tertiary/aromatic N) is 1. The highest BCUT2D eigenvalue weighted by Crippen LogP contribution is 2.48. The molecule has 1 aromatic rings. The molecule has 0 N–H and O–H groups in total. The van der Waals surface area contributed by atoms with Gasteiger partial charge in [-0.15, -0.1) is 11.8 Å². The average Bonchev–Trinajstić information content (AvgIpc) is 3.21. The lowest BCUT2D eigenvalue weighted by Crippen LogP contribution is -2.53. The van der Waals surface area contributed by atoms with Gasteiger partial charge >= 0.3 is 11.9 Å². The van der Waals surface area contributed by atoms with E-state index in [1.54, 1.807) is 34.1 Å². The van der Waals surface area contributed by atoms with E-state index in [0.717, 1.165) is 18.5 Å². The van der Waals surface area contributed by atoms with Crippen LogP contribution in [0, 0.1) is 29.6 Å². The van der Waals surface area contributed by atoms with Gasteiger partial charge in [0, 0.05) is 42.7 Å². The molecule has 41 heavy (non-hydrogen) atoms. The van der Waals surface area contributed by atoms with Gasteiger partial charge in [-0.3, -0.25) is 24.2 Å². The van der Waals surface area contributed by atoms with Crippen molar-refractivity contribution in [2.45, 2.75) is 103 Å². The van der Waals surface area contributed by atoms with Gasteiger partial charge in [0.1, 0.15) is 28.8 Å². The lowest BCUT2D eigenvalue weighted by molar-refractivity contribution is -0.183. The van der Waals surface area contributed by atoms with Crippen LogP contribution in [0.1, 0.15) is 79.8 Å². The predicted molar refractivity (Wildman–Crippen MR) is 158 cm³/mol. The number of cyclic esters (lactones) is 1. The van der Waals surface area contributed by atoms with Crippen molar-refractivity contribution < 1.29 is 33.4 Å². The minimum atomic E-state index is -1.22. The summed E-state index contributed by atoms with van der Waals surface area (Å²) in [4.78, 5) is 58.4. The average molecular weight is 590 g/mol. The fraction of sp³-hybridized carbons (Fsp3) is 0.719. The lowest BCUT2D eigenvalue weighted by atomic mass is 9.70. The summed E-state index contributed by atoms with van der Waals surface area (Å²) in [5.74, 6) is -3.47. The Labute approximate surface area is 249 Å². The molecule has 2 fully saturated rings. The maximum atomic E-state index is 14.0. The number of rotatable bonds is 7. The summed E-state index contributed by atoms with van der Waals surface area (Å²) in [6.07, 6.45) is 3.72. The molecule has 228 valence electrons. The number of methoxy groups -OCH3 is 1. The van der Waals surface area contributed by atoms with Crippen molar-refractivity contribution in [2.24, 2.45) is 29.6 Å². The summed E-state index contributed by atoms with van der Waals surface area (Å²) < 4.78 is 17.9. The third-order valence-corrected chi connectivity index (χ3v) is 10.5. The summed E-state index contributed by atoms with van der Waals surface area (Å²) in [6, 6.07) is 5.81. The first-order valence-corrected chi connectivity index (χ1v) is 15.9. The van der Waals surface area contributed by atoms with Crippen LogP contribution >= 0.6 is 11.8 Å². The van der Waals surface area contributed by atoms with Gasteiger partial charge in [-0.2, -0.15) is 0 Å². The normalized spacial score (nSPS) is 37.2. The van der Waals surface area contributed by atoms with Crippen LogP contribution in [-0.2, 0) is 39.8 Å². The monoisotopic (exact) mass is 589 g/mol. The topological polar surface area (TPSA) is 109 Å². The standard InChI is InChI=1S/C32H47NO7S/c1-9-24-32(7)25(28(30(37)40-32)41-16-12-14-23-13-10-11-15-33-23)21(4)26(34)19(2)17-31(6,38-8)18-20(3)27(35)22(5)29(36)39-24/h10-11,13,15,19-22,24-25,28H,9,12,14,16-18H2,1-8H3. The Morgan fingerprint density at radius 3 is 2.24 bits per heavy atom. The molecule has 0 bridgehead atoms. The molecule has 9 unspecified atom stereocenters. The molecule has 9 heteroatoms. The second-order valence-electron chi connectivity index (χ2n) is 12.4. The Balaban J connectivity index is 1.96. The van der Waals surface area contributed by atoms with Gasteiger partial charge in [0.25, 0.3) is 0 Å². The maximum absolute atomic E-state index is 14.0. The predicted octanol–water partition coefficient (Wildman–Crippen LogP) is 5.25. The zero-order chi connectivity index (χ0) is 30.5. The van der Waals surface area contributed by atoms with Gasteiger partial charge < -0.3 is 14.2 Å². The number of fused-ring (bicyclic) bond motifs is 1. The summed E-state index contributed by atoms with van der Waals surface area (Å²) in [5, 5.41) is -0.594. The first kappa shape index (κ1) is 33.2. The van der Waals surface area contributed by atoms with Crippen LogP contribution in [0.15, 0.2) is 24.4 Å². The number of Topliss-reactive ketones (excluding diaryl/α,β-unsaturated/α-hetero) is 2. The molecular formula is C32H47NO7S. The molecule has 0 amide bonds. The van der Waals surface area contributed by atoms with Crippen LogP contribution in [0.4, 0.5) is 0 Å². The van der Waals surface area contributed by atoms with Crippen LogP contribution in [0.2, 0.25) is 0 Å². The minimum absolute atomic E-state index is 0.00692. The van der Waals surface area contributed by atoms with Crippen molar-refractivity contribution in [3.8, 4) is 0 Å². The molecule has 2 saturated heterocycles. The number of ketones is 2. The van der Waals surface area contributed by atoms with E-state index < -0.39 is 58.2 Å². The van der Waals surface area contributed by atoms with Crippen LogP contribution in [0.5, 0.6) is 0 Å². The van der Waals surface area contributed by atoms with Crippen LogP contribution in [0.3, 0.4) is 0 Å². The molecule has 3 rings (SSSR count). The van der Waals surface area contributed by atoms with Crippen molar-refractivity contribution in [3.05, 3.63) is 30.1 Å². The highest BCUT2D eigenvalue weighted by Gasteiger charge is 2.61. The quantitative estimate of drug-likeness (QED) is 0.239. The summed E-state index contributed by atoms with van der Waals surface area (Å²) >= 11 is 1.49. The van der Waals surface area contributed by atoms with Crippen molar-refractivity contribution in [2.75, 3.05) is 12.9 Å². The third kappa shape index (κ3) is 7.39. The third-order valence-electron chi connectivity index (χ3n) is 9.12. The highest BCUT2D eigenvalue weighted by atomic mass is 32.2. The molecule has 8 nitrogen and oxygen atoms in total. The fourth-order valence-electron chi connectivity index (χ4n) is 6.77. The number of carbonyl (C=O) groups is 4. The fourth-order valence-corrected chi connectivity index (χ4v) is 8.24. The number of esters is 2. The number of aryl methyl sites for hydroxylation is 1. The Morgan fingerprint density at radius 2 is 1.66 bits per heavy atom. The molecule has 1 aromatic heterocycles. The number of carbonyl (C=O) groups excluding carboxylic acids is 4. The van der Waals surface area contributed by atoms with Crippen molar-refractivity contribution in [1.82, 2.24) is 4.98 Å². The van der Waals surface area contributed by atoms with Crippen molar-refractivity contribution in [1.29, 1.82) is 0 Å².